The van der Waals surface area contributed by atoms with Crippen LogP contribution in [0.1, 0.15) is 26.2 Å². The number of pyridine rings is 1. The number of aromatic nitrogens is 1. The third-order valence-electron chi connectivity index (χ3n) is 1.90. The summed E-state index contributed by atoms with van der Waals surface area (Å²) in [6, 6.07) is 6.07. The molecule has 1 aromatic rings. The summed E-state index contributed by atoms with van der Waals surface area (Å²) in [4.78, 5) is 0. The van der Waals surface area contributed by atoms with E-state index in [9.17, 15) is 0 Å². The van der Waals surface area contributed by atoms with E-state index in [2.05, 4.69) is 18.1 Å². The van der Waals surface area contributed by atoms with Crippen LogP contribution in [0.3, 0.4) is 0 Å². The topological polar surface area (TPSA) is 3.88 Å². The van der Waals surface area contributed by atoms with Crippen molar-refractivity contribution in [3.63, 3.8) is 0 Å². The normalized spacial score (nSPS) is 9.00. The lowest BCUT2D eigenvalue weighted by molar-refractivity contribution is -0.583. The highest BCUT2D eigenvalue weighted by Crippen LogP contribution is 2.03. The van der Waals surface area contributed by atoms with Crippen LogP contribution in [0.5, 0.6) is 0 Å². The summed E-state index contributed by atoms with van der Waals surface area (Å²) in [5.74, 6) is 0. The molecule has 1 heterocycles. The van der Waals surface area contributed by atoms with E-state index in [1.807, 2.05) is 30.6 Å². The Hall–Kier alpha value is -0.820. The van der Waals surface area contributed by atoms with Gasteiger partial charge in [-0.25, -0.2) is 0 Å². The SMILES string of the molecule is C=C(CCCC)[n+]1ccccc1.[Cl-]. The van der Waals surface area contributed by atoms with E-state index in [4.69, 9.17) is 0 Å². The molecule has 0 bridgehead atoms. The van der Waals surface area contributed by atoms with Crippen LogP contribution in [-0.2, 0) is 0 Å². The first kappa shape index (κ1) is 12.2. The summed E-state index contributed by atoms with van der Waals surface area (Å²) < 4.78 is 2.08. The second-order valence-electron chi connectivity index (χ2n) is 2.95. The zero-order valence-corrected chi connectivity index (χ0v) is 8.80. The molecule has 72 valence electrons. The van der Waals surface area contributed by atoms with Crippen LogP contribution in [0.2, 0.25) is 0 Å². The highest BCUT2D eigenvalue weighted by Gasteiger charge is 2.03. The van der Waals surface area contributed by atoms with E-state index in [0.717, 1.165) is 6.42 Å². The fraction of sp³-hybridized carbons (Fsp3) is 0.364. The molecule has 2 heteroatoms. The van der Waals surface area contributed by atoms with Crippen molar-refractivity contribution in [3.05, 3.63) is 37.2 Å². The highest BCUT2D eigenvalue weighted by molar-refractivity contribution is 5.26. The van der Waals surface area contributed by atoms with Gasteiger partial charge in [0.15, 0.2) is 18.1 Å². The molecule has 0 aromatic carbocycles. The largest absolute Gasteiger partial charge is 1.00 e. The van der Waals surface area contributed by atoms with Crippen molar-refractivity contribution >= 4 is 5.70 Å². The van der Waals surface area contributed by atoms with Gasteiger partial charge in [-0.15, -0.1) is 0 Å². The fourth-order valence-corrected chi connectivity index (χ4v) is 1.12. The quantitative estimate of drug-likeness (QED) is 0.581. The maximum absolute atomic E-state index is 4.03. The average Bonchev–Trinajstić information content (AvgIpc) is 2.15. The number of allylic oxidation sites excluding steroid dienone is 1. The molecule has 0 spiro atoms. The van der Waals surface area contributed by atoms with Gasteiger partial charge in [0.2, 0.25) is 0 Å². The van der Waals surface area contributed by atoms with E-state index in [1.54, 1.807) is 0 Å². The standard InChI is InChI=1S/C11H16N.ClH/c1-3-4-8-11(2)12-9-6-5-7-10-12;/h5-7,9-10H,2-4,8H2,1H3;1H/q+1;/p-1. The predicted octanol–water partition coefficient (Wildman–Crippen LogP) is -0.361. The number of unbranched alkanes of at least 4 members (excludes halogenated alkanes) is 1. The Bertz CT molecular complexity index is 244. The van der Waals surface area contributed by atoms with Gasteiger partial charge in [0.1, 0.15) is 0 Å². The maximum Gasteiger partial charge on any atom is 0.179 e. The van der Waals surface area contributed by atoms with Crippen molar-refractivity contribution in [2.24, 2.45) is 0 Å². The van der Waals surface area contributed by atoms with E-state index in [0.29, 0.717) is 0 Å². The van der Waals surface area contributed by atoms with Crippen molar-refractivity contribution in [1.82, 2.24) is 0 Å². The monoisotopic (exact) mass is 197 g/mol. The molecule has 0 amide bonds. The highest BCUT2D eigenvalue weighted by atomic mass is 35.5. The molecule has 1 aromatic heterocycles. The number of nitrogens with zero attached hydrogens (tertiary/aromatic N) is 1. The van der Waals surface area contributed by atoms with Crippen LogP contribution in [0, 0.1) is 0 Å². The first-order chi connectivity index (χ1) is 5.84. The van der Waals surface area contributed by atoms with Gasteiger partial charge in [-0.05, 0) is 13.0 Å². The van der Waals surface area contributed by atoms with Crippen LogP contribution in [0.15, 0.2) is 37.2 Å². The number of hydrogen-bond acceptors (Lipinski definition) is 0. The van der Waals surface area contributed by atoms with Crippen LogP contribution < -0.4 is 17.0 Å². The number of rotatable bonds is 4. The summed E-state index contributed by atoms with van der Waals surface area (Å²) in [5.41, 5.74) is 1.18. The molecule has 0 N–H and O–H groups in total. The molecule has 0 radical (unpaired) electrons. The van der Waals surface area contributed by atoms with Crippen molar-refractivity contribution in [3.8, 4) is 0 Å². The zero-order chi connectivity index (χ0) is 8.81. The molecule has 1 nitrogen and oxygen atoms in total. The van der Waals surface area contributed by atoms with Crippen molar-refractivity contribution in [2.45, 2.75) is 26.2 Å². The molecule has 0 fully saturated rings. The average molecular weight is 198 g/mol. The lowest BCUT2D eigenvalue weighted by atomic mass is 10.2. The smallest absolute Gasteiger partial charge is 0.179 e. The van der Waals surface area contributed by atoms with Gasteiger partial charge in [-0.1, -0.05) is 19.4 Å². The summed E-state index contributed by atoms with van der Waals surface area (Å²) in [5, 5.41) is 0. The Kier molecular flexibility index (Phi) is 6.25. The Morgan fingerprint density at radius 1 is 1.23 bits per heavy atom. The van der Waals surface area contributed by atoms with Crippen LogP contribution >= 0.6 is 0 Å². The second-order valence-corrected chi connectivity index (χ2v) is 2.95. The molecule has 0 saturated heterocycles. The van der Waals surface area contributed by atoms with E-state index >= 15 is 0 Å². The molecule has 0 aliphatic heterocycles. The minimum Gasteiger partial charge on any atom is -1.00 e. The summed E-state index contributed by atoms with van der Waals surface area (Å²) in [6.07, 6.45) is 7.62. The Morgan fingerprint density at radius 3 is 2.38 bits per heavy atom. The molecular weight excluding hydrogens is 182 g/mol. The van der Waals surface area contributed by atoms with Gasteiger partial charge in [0.25, 0.3) is 0 Å². The third-order valence-corrected chi connectivity index (χ3v) is 1.90. The van der Waals surface area contributed by atoms with Gasteiger partial charge in [0, 0.05) is 18.6 Å². The van der Waals surface area contributed by atoms with Crippen molar-refractivity contribution < 1.29 is 17.0 Å². The van der Waals surface area contributed by atoms with E-state index in [-0.39, 0.29) is 12.4 Å². The first-order valence-corrected chi connectivity index (χ1v) is 4.49. The first-order valence-electron chi connectivity index (χ1n) is 4.49. The molecule has 0 atom stereocenters. The van der Waals surface area contributed by atoms with Gasteiger partial charge in [-0.3, -0.25) is 0 Å². The third kappa shape index (κ3) is 4.09. The van der Waals surface area contributed by atoms with Gasteiger partial charge < -0.3 is 12.4 Å². The van der Waals surface area contributed by atoms with E-state index in [1.165, 1.54) is 18.5 Å². The Morgan fingerprint density at radius 2 is 1.85 bits per heavy atom. The molecule has 1 rings (SSSR count). The molecule has 0 aliphatic rings. The number of hydrogen-bond donors (Lipinski definition) is 0. The predicted molar refractivity (Wildman–Crippen MR) is 51.5 cm³/mol. The Balaban J connectivity index is 0.00000144. The summed E-state index contributed by atoms with van der Waals surface area (Å²) in [6.45, 7) is 6.22. The minimum atomic E-state index is 0. The fourth-order valence-electron chi connectivity index (χ4n) is 1.12. The minimum absolute atomic E-state index is 0. The van der Waals surface area contributed by atoms with Crippen LogP contribution in [0.4, 0.5) is 0 Å². The Labute approximate surface area is 86.5 Å². The van der Waals surface area contributed by atoms with Crippen molar-refractivity contribution in [1.29, 1.82) is 0 Å². The maximum atomic E-state index is 4.03. The van der Waals surface area contributed by atoms with Gasteiger partial charge in [0.05, 0.1) is 0 Å². The number of halogens is 1. The lowest BCUT2D eigenvalue weighted by Crippen LogP contribution is -3.00. The molecule has 13 heavy (non-hydrogen) atoms. The molecule has 0 saturated carbocycles. The molecule has 0 unspecified atom stereocenters. The van der Waals surface area contributed by atoms with Crippen LogP contribution in [-0.4, -0.2) is 0 Å². The summed E-state index contributed by atoms with van der Waals surface area (Å²) in [7, 11) is 0. The molecular formula is C11H16ClN. The second kappa shape index (κ2) is 6.67. The summed E-state index contributed by atoms with van der Waals surface area (Å²) >= 11 is 0. The van der Waals surface area contributed by atoms with Crippen LogP contribution in [0.25, 0.3) is 5.70 Å². The van der Waals surface area contributed by atoms with Crippen molar-refractivity contribution in [2.75, 3.05) is 0 Å². The van der Waals surface area contributed by atoms with Gasteiger partial charge >= 0.3 is 0 Å². The zero-order valence-electron chi connectivity index (χ0n) is 8.04. The molecule has 0 aliphatic carbocycles. The van der Waals surface area contributed by atoms with E-state index < -0.39 is 0 Å². The van der Waals surface area contributed by atoms with Gasteiger partial charge in [-0.2, -0.15) is 4.57 Å². The lowest BCUT2D eigenvalue weighted by Gasteiger charge is -1.97.